The molecule has 7 atom stereocenters. The van der Waals surface area contributed by atoms with Crippen molar-refractivity contribution in [3.8, 4) is 5.75 Å². The molecule has 0 saturated carbocycles. The number of hydrogen-bond donors (Lipinski definition) is 5. The molecule has 1 aromatic carbocycles. The molecule has 2 aliphatic rings. The van der Waals surface area contributed by atoms with E-state index in [1.165, 1.54) is 12.1 Å². The molecular weight excluding hydrogens is 400 g/mol. The molecule has 3 heterocycles. The fourth-order valence-corrected chi connectivity index (χ4v) is 3.87. The van der Waals surface area contributed by atoms with Crippen LogP contribution in [-0.4, -0.2) is 74.6 Å². The molecule has 30 heavy (non-hydrogen) atoms. The normalized spacial score (nSPS) is 34.0. The highest BCUT2D eigenvalue weighted by Gasteiger charge is 2.50. The Morgan fingerprint density at radius 1 is 1.07 bits per heavy atom. The molecule has 164 valence electrons. The van der Waals surface area contributed by atoms with Crippen molar-refractivity contribution in [1.82, 2.24) is 0 Å². The summed E-state index contributed by atoms with van der Waals surface area (Å²) in [6, 6.07) is 6.03. The highest BCUT2D eigenvalue weighted by atomic mass is 16.7. The molecule has 2 aromatic rings. The van der Waals surface area contributed by atoms with E-state index in [4.69, 9.17) is 18.6 Å². The second-order valence-electron chi connectivity index (χ2n) is 8.08. The van der Waals surface area contributed by atoms with E-state index in [0.29, 0.717) is 22.3 Å². The van der Waals surface area contributed by atoms with E-state index in [-0.39, 0.29) is 0 Å². The Morgan fingerprint density at radius 2 is 1.80 bits per heavy atom. The first-order chi connectivity index (χ1) is 14.1. The van der Waals surface area contributed by atoms with Crippen molar-refractivity contribution in [2.45, 2.75) is 62.4 Å². The van der Waals surface area contributed by atoms with E-state index in [1.54, 1.807) is 26.0 Å². The zero-order valence-corrected chi connectivity index (χ0v) is 16.3. The summed E-state index contributed by atoms with van der Waals surface area (Å²) >= 11 is 0. The lowest BCUT2D eigenvalue weighted by Gasteiger charge is -2.44. The summed E-state index contributed by atoms with van der Waals surface area (Å²) in [7, 11) is 0. The Bertz CT molecular complexity index is 983. The average molecular weight is 424 g/mol. The monoisotopic (exact) mass is 424 g/mol. The molecule has 5 N–H and O–H groups in total. The smallest absolute Gasteiger partial charge is 0.336 e. The minimum atomic E-state index is -1.59. The summed E-state index contributed by atoms with van der Waals surface area (Å²) < 4.78 is 22.2. The van der Waals surface area contributed by atoms with Gasteiger partial charge in [-0.2, -0.15) is 0 Å². The van der Waals surface area contributed by atoms with Gasteiger partial charge in [0.25, 0.3) is 0 Å². The van der Waals surface area contributed by atoms with Gasteiger partial charge in [0.05, 0.1) is 6.61 Å². The van der Waals surface area contributed by atoms with Crippen LogP contribution in [0.5, 0.6) is 5.75 Å². The van der Waals surface area contributed by atoms with Crippen molar-refractivity contribution in [2.24, 2.45) is 0 Å². The predicted molar refractivity (Wildman–Crippen MR) is 101 cm³/mol. The van der Waals surface area contributed by atoms with Crippen LogP contribution in [0, 0.1) is 0 Å². The Balaban J connectivity index is 1.58. The second kappa shape index (κ2) is 7.57. The van der Waals surface area contributed by atoms with Crippen molar-refractivity contribution in [3.63, 3.8) is 0 Å². The van der Waals surface area contributed by atoms with E-state index in [0.717, 1.165) is 0 Å². The van der Waals surface area contributed by atoms with Crippen LogP contribution < -0.4 is 10.4 Å². The summed E-state index contributed by atoms with van der Waals surface area (Å²) in [5, 5.41) is 50.9. The van der Waals surface area contributed by atoms with E-state index >= 15 is 0 Å². The maximum atomic E-state index is 11.5. The first-order valence-corrected chi connectivity index (χ1v) is 9.53. The minimum Gasteiger partial charge on any atom is -0.484 e. The molecule has 1 unspecified atom stereocenters. The molecule has 0 spiro atoms. The molecule has 1 aromatic heterocycles. The topological polar surface area (TPSA) is 159 Å². The van der Waals surface area contributed by atoms with Crippen LogP contribution >= 0.6 is 0 Å². The molecule has 0 bridgehead atoms. The number of fused-ring (bicyclic) bond motifs is 2. The van der Waals surface area contributed by atoms with E-state index in [9.17, 15) is 30.3 Å². The van der Waals surface area contributed by atoms with Gasteiger partial charge in [0.1, 0.15) is 47.5 Å². The summed E-state index contributed by atoms with van der Waals surface area (Å²) in [4.78, 5) is 11.5. The van der Waals surface area contributed by atoms with Crippen LogP contribution in [0.3, 0.4) is 0 Å². The average Bonchev–Trinajstić information content (AvgIpc) is 3.03. The molecule has 10 nitrogen and oxygen atoms in total. The van der Waals surface area contributed by atoms with E-state index in [2.05, 4.69) is 0 Å². The van der Waals surface area contributed by atoms with Crippen LogP contribution in [0.1, 0.15) is 25.5 Å². The summed E-state index contributed by atoms with van der Waals surface area (Å²) in [5.74, 6) is 0.319. The number of hydrogen-bond acceptors (Lipinski definition) is 10. The molecule has 10 heteroatoms. The minimum absolute atomic E-state index is 0.307. The maximum Gasteiger partial charge on any atom is 0.336 e. The Kier molecular flexibility index (Phi) is 5.35. The predicted octanol–water partition coefficient (Wildman–Crippen LogP) is -0.818. The van der Waals surface area contributed by atoms with E-state index < -0.39 is 60.7 Å². The quantitative estimate of drug-likeness (QED) is 0.393. The van der Waals surface area contributed by atoms with Gasteiger partial charge >= 0.3 is 5.63 Å². The third kappa shape index (κ3) is 3.50. The van der Waals surface area contributed by atoms with Gasteiger partial charge in [-0.3, -0.25) is 0 Å². The van der Waals surface area contributed by atoms with Gasteiger partial charge in [0.2, 0.25) is 0 Å². The van der Waals surface area contributed by atoms with Crippen LogP contribution in [0.25, 0.3) is 11.0 Å². The number of ether oxygens (including phenoxy) is 3. The van der Waals surface area contributed by atoms with Gasteiger partial charge in [-0.05, 0) is 26.0 Å². The number of benzene rings is 1. The zero-order valence-electron chi connectivity index (χ0n) is 16.3. The molecule has 0 aliphatic carbocycles. The molecule has 4 rings (SSSR count). The highest BCUT2D eigenvalue weighted by molar-refractivity contribution is 5.80. The summed E-state index contributed by atoms with van der Waals surface area (Å²) in [6.07, 6.45) is -9.21. The van der Waals surface area contributed by atoms with Gasteiger partial charge in [0, 0.05) is 23.1 Å². The fourth-order valence-electron chi connectivity index (χ4n) is 3.87. The van der Waals surface area contributed by atoms with Gasteiger partial charge in [-0.25, -0.2) is 4.79 Å². The fraction of sp³-hybridized carbons (Fsp3) is 0.550. The third-order valence-corrected chi connectivity index (χ3v) is 5.56. The summed E-state index contributed by atoms with van der Waals surface area (Å²) in [6.45, 7) is 2.62. The first-order valence-electron chi connectivity index (χ1n) is 9.53. The van der Waals surface area contributed by atoms with Gasteiger partial charge in [-0.15, -0.1) is 0 Å². The zero-order chi connectivity index (χ0) is 21.8. The molecule has 2 aliphatic heterocycles. The first kappa shape index (κ1) is 21.2. The van der Waals surface area contributed by atoms with Gasteiger partial charge in [0.15, 0.2) is 12.4 Å². The van der Waals surface area contributed by atoms with Gasteiger partial charge < -0.3 is 44.2 Å². The second-order valence-corrected chi connectivity index (χ2v) is 8.08. The van der Waals surface area contributed by atoms with Crippen LogP contribution in [0.15, 0.2) is 33.5 Å². The lowest BCUT2D eigenvalue weighted by Crippen LogP contribution is -2.61. The van der Waals surface area contributed by atoms with Gasteiger partial charge in [-0.1, -0.05) is 0 Å². The van der Waals surface area contributed by atoms with Crippen molar-refractivity contribution in [3.05, 3.63) is 40.2 Å². The number of aliphatic hydroxyl groups excluding tert-OH is 5. The molecular formula is C20H24O10. The summed E-state index contributed by atoms with van der Waals surface area (Å²) in [5.41, 5.74) is -0.962. The third-order valence-electron chi connectivity index (χ3n) is 5.56. The standard InChI is InChI=1S/C20H24O10/c1-20(2,30-19-17(26)16(25)15(24)12(7-21)29-19)18-14(23)9-5-8-3-4-13(22)27-10(8)6-11(9)28-18/h3-6,12,14-19,21,23-26H,7H2,1-2H3/t12-,14?,15-,16+,17-,18+,19+/m0/s1. The van der Waals surface area contributed by atoms with Crippen LogP contribution in [0.4, 0.5) is 0 Å². The molecule has 0 radical (unpaired) electrons. The number of aliphatic hydroxyl groups is 5. The Hall–Kier alpha value is -2.05. The van der Waals surface area contributed by atoms with Crippen molar-refractivity contribution in [2.75, 3.05) is 6.61 Å². The number of rotatable bonds is 4. The molecule has 0 amide bonds. The van der Waals surface area contributed by atoms with Crippen molar-refractivity contribution < 1.29 is 44.2 Å². The van der Waals surface area contributed by atoms with E-state index in [1.807, 2.05) is 0 Å². The Labute approximate surface area is 170 Å². The van der Waals surface area contributed by atoms with Crippen molar-refractivity contribution in [1.29, 1.82) is 0 Å². The van der Waals surface area contributed by atoms with Crippen LogP contribution in [0.2, 0.25) is 0 Å². The lowest BCUT2D eigenvalue weighted by molar-refractivity contribution is -0.332. The van der Waals surface area contributed by atoms with Crippen molar-refractivity contribution >= 4 is 11.0 Å². The van der Waals surface area contributed by atoms with Crippen LogP contribution in [-0.2, 0) is 9.47 Å². The lowest BCUT2D eigenvalue weighted by atomic mass is 9.93. The molecule has 1 saturated heterocycles. The SMILES string of the molecule is CC(C)(O[C@H]1O[C@@H](CO)[C@H](O)[C@@H](O)[C@@H]1O)[C@@H]1Oc2cc3oc(=O)ccc3cc2C1O. The molecule has 1 fully saturated rings. The Morgan fingerprint density at radius 3 is 2.50 bits per heavy atom. The highest BCUT2D eigenvalue weighted by Crippen LogP contribution is 2.44. The largest absolute Gasteiger partial charge is 0.484 e. The maximum absolute atomic E-state index is 11.5.